The molecular weight excluding hydrogens is 257 g/mol. The minimum absolute atomic E-state index is 0.120. The van der Waals surface area contributed by atoms with Gasteiger partial charge in [-0.25, -0.2) is 0 Å². The highest BCUT2D eigenvalue weighted by molar-refractivity contribution is 8.02. The number of rotatable bonds is 4. The molecule has 0 fully saturated rings. The van der Waals surface area contributed by atoms with Crippen LogP contribution in [0.5, 0.6) is 0 Å². The molecule has 0 nitrogen and oxygen atoms in total. The second kappa shape index (κ2) is 6.50. The number of hydrogen-bond acceptors (Lipinski definition) is 1. The first-order chi connectivity index (χ1) is 8.45. The minimum atomic E-state index is -4.38. The van der Waals surface area contributed by atoms with Gasteiger partial charge in [0, 0.05) is 4.91 Å². The predicted molar refractivity (Wildman–Crippen MR) is 72.3 cm³/mol. The maximum atomic E-state index is 12.5. The Labute approximate surface area is 109 Å². The van der Waals surface area contributed by atoms with E-state index in [9.17, 15) is 13.2 Å². The van der Waals surface area contributed by atoms with Crippen LogP contribution in [0.4, 0.5) is 13.2 Å². The first kappa shape index (κ1) is 14.6. The van der Waals surface area contributed by atoms with Crippen molar-refractivity contribution in [1.29, 1.82) is 0 Å². The normalized spacial score (nSPS) is 13.0. The molecule has 0 amide bonds. The van der Waals surface area contributed by atoms with E-state index in [1.807, 2.05) is 30.3 Å². The van der Waals surface area contributed by atoms with Crippen molar-refractivity contribution in [2.45, 2.75) is 6.18 Å². The van der Waals surface area contributed by atoms with Crippen LogP contribution in [-0.4, -0.2) is 12.4 Å². The van der Waals surface area contributed by atoms with E-state index in [1.165, 1.54) is 6.08 Å². The van der Waals surface area contributed by atoms with Crippen molar-refractivity contribution in [1.82, 2.24) is 0 Å². The molecule has 1 aromatic rings. The van der Waals surface area contributed by atoms with Gasteiger partial charge in [-0.05, 0) is 17.9 Å². The van der Waals surface area contributed by atoms with Gasteiger partial charge in [-0.3, -0.25) is 0 Å². The van der Waals surface area contributed by atoms with Crippen molar-refractivity contribution in [3.05, 3.63) is 65.1 Å². The Morgan fingerprint density at radius 2 is 1.83 bits per heavy atom. The number of thioether (sulfide) groups is 1. The van der Waals surface area contributed by atoms with Crippen molar-refractivity contribution in [3.63, 3.8) is 0 Å². The predicted octanol–water partition coefficient (Wildman–Crippen LogP) is 5.07. The Morgan fingerprint density at radius 1 is 1.22 bits per heavy atom. The molecule has 0 aromatic heterocycles. The topological polar surface area (TPSA) is 0 Å². The average molecular weight is 270 g/mol. The molecule has 0 aliphatic rings. The van der Waals surface area contributed by atoms with Gasteiger partial charge < -0.3 is 0 Å². The summed E-state index contributed by atoms with van der Waals surface area (Å²) >= 11 is 1.03. The van der Waals surface area contributed by atoms with E-state index in [2.05, 4.69) is 6.58 Å². The van der Waals surface area contributed by atoms with Crippen LogP contribution in [0.1, 0.15) is 5.56 Å². The number of hydrogen-bond donors (Lipinski definition) is 0. The number of benzene rings is 1. The summed E-state index contributed by atoms with van der Waals surface area (Å²) in [4.78, 5) is 0.120. The summed E-state index contributed by atoms with van der Waals surface area (Å²) in [5.74, 6) is 0. The molecule has 1 rings (SSSR count). The lowest BCUT2D eigenvalue weighted by Crippen LogP contribution is -2.11. The molecule has 4 heteroatoms. The van der Waals surface area contributed by atoms with Crippen LogP contribution in [0.2, 0.25) is 0 Å². The van der Waals surface area contributed by atoms with E-state index in [0.29, 0.717) is 0 Å². The van der Waals surface area contributed by atoms with Crippen molar-refractivity contribution < 1.29 is 13.2 Å². The highest BCUT2D eigenvalue weighted by Crippen LogP contribution is 2.34. The first-order valence-corrected chi connectivity index (χ1v) is 6.41. The summed E-state index contributed by atoms with van der Waals surface area (Å²) in [6.07, 6.45) is 1.99. The van der Waals surface area contributed by atoms with Gasteiger partial charge in [0.1, 0.15) is 0 Å². The summed E-state index contributed by atoms with van der Waals surface area (Å²) in [6.45, 7) is 3.07. The SMILES string of the molecule is C=C(/C(=C/C=C/c1ccccc1)SC)C(F)(F)F. The molecule has 0 saturated heterocycles. The van der Waals surface area contributed by atoms with Crippen molar-refractivity contribution in [3.8, 4) is 0 Å². The molecule has 1 aromatic carbocycles. The van der Waals surface area contributed by atoms with Crippen LogP contribution in [0.3, 0.4) is 0 Å². The highest BCUT2D eigenvalue weighted by atomic mass is 32.2. The van der Waals surface area contributed by atoms with Crippen molar-refractivity contribution in [2.75, 3.05) is 6.26 Å². The van der Waals surface area contributed by atoms with E-state index in [-0.39, 0.29) is 4.91 Å². The zero-order valence-electron chi connectivity index (χ0n) is 9.87. The average Bonchev–Trinajstić information content (AvgIpc) is 2.34. The van der Waals surface area contributed by atoms with E-state index in [4.69, 9.17) is 0 Å². The Kier molecular flexibility index (Phi) is 5.28. The summed E-state index contributed by atoms with van der Waals surface area (Å²) in [5, 5.41) is 0. The van der Waals surface area contributed by atoms with E-state index in [0.717, 1.165) is 17.3 Å². The zero-order chi connectivity index (χ0) is 13.6. The summed E-state index contributed by atoms with van der Waals surface area (Å²) < 4.78 is 37.4. The van der Waals surface area contributed by atoms with Gasteiger partial charge in [0.25, 0.3) is 0 Å². The maximum Gasteiger partial charge on any atom is 0.416 e. The molecule has 0 atom stereocenters. The fourth-order valence-corrected chi connectivity index (χ4v) is 1.82. The molecular formula is C14H13F3S. The molecule has 96 valence electrons. The largest absolute Gasteiger partial charge is 0.416 e. The molecule has 0 unspecified atom stereocenters. The Morgan fingerprint density at radius 3 is 2.33 bits per heavy atom. The number of halogens is 3. The third-order valence-electron chi connectivity index (χ3n) is 2.20. The van der Waals surface area contributed by atoms with Crippen LogP contribution in [0.25, 0.3) is 6.08 Å². The third kappa shape index (κ3) is 4.45. The molecule has 0 radical (unpaired) electrons. The molecule has 0 aliphatic heterocycles. The van der Waals surface area contributed by atoms with Crippen LogP contribution in [0, 0.1) is 0 Å². The second-order valence-electron chi connectivity index (χ2n) is 3.48. The summed E-state index contributed by atoms with van der Waals surface area (Å²) in [5.41, 5.74) is 0.125. The summed E-state index contributed by atoms with van der Waals surface area (Å²) in [7, 11) is 0. The Bertz CT molecular complexity index is 456. The Balaban J connectivity index is 2.81. The quantitative estimate of drug-likeness (QED) is 0.689. The van der Waals surface area contributed by atoms with Crippen LogP contribution < -0.4 is 0 Å². The lowest BCUT2D eigenvalue weighted by molar-refractivity contribution is -0.0881. The smallest absolute Gasteiger partial charge is 0.166 e. The third-order valence-corrected chi connectivity index (χ3v) is 3.02. The van der Waals surface area contributed by atoms with Gasteiger partial charge in [0.2, 0.25) is 0 Å². The van der Waals surface area contributed by atoms with Gasteiger partial charge >= 0.3 is 6.18 Å². The zero-order valence-corrected chi connectivity index (χ0v) is 10.7. The highest BCUT2D eigenvalue weighted by Gasteiger charge is 2.33. The minimum Gasteiger partial charge on any atom is -0.166 e. The van der Waals surface area contributed by atoms with E-state index < -0.39 is 11.7 Å². The van der Waals surface area contributed by atoms with Crippen LogP contribution >= 0.6 is 11.8 Å². The number of alkyl halides is 3. The molecule has 0 N–H and O–H groups in total. The van der Waals surface area contributed by atoms with Crippen molar-refractivity contribution >= 4 is 17.8 Å². The molecule has 0 bridgehead atoms. The fourth-order valence-electron chi connectivity index (χ4n) is 1.24. The lowest BCUT2D eigenvalue weighted by atomic mass is 10.2. The lowest BCUT2D eigenvalue weighted by Gasteiger charge is -2.11. The van der Waals surface area contributed by atoms with E-state index >= 15 is 0 Å². The molecule has 0 saturated carbocycles. The molecule has 0 spiro atoms. The maximum absolute atomic E-state index is 12.5. The van der Waals surface area contributed by atoms with Gasteiger partial charge in [-0.15, -0.1) is 11.8 Å². The standard InChI is InChI=1S/C14H13F3S/c1-11(14(15,16)17)13(18-2)10-6-9-12-7-4-3-5-8-12/h3-10H,1H2,2H3/b9-6+,13-10-. The fraction of sp³-hybridized carbons (Fsp3) is 0.143. The molecule has 18 heavy (non-hydrogen) atoms. The number of allylic oxidation sites excluding steroid dienone is 3. The van der Waals surface area contributed by atoms with Crippen LogP contribution in [0.15, 0.2) is 59.5 Å². The van der Waals surface area contributed by atoms with Gasteiger partial charge in [0.15, 0.2) is 0 Å². The van der Waals surface area contributed by atoms with Gasteiger partial charge in [0.05, 0.1) is 5.57 Å². The van der Waals surface area contributed by atoms with E-state index in [1.54, 1.807) is 18.4 Å². The Hall–Kier alpha value is -1.42. The van der Waals surface area contributed by atoms with Gasteiger partial charge in [-0.2, -0.15) is 13.2 Å². The monoisotopic (exact) mass is 270 g/mol. The van der Waals surface area contributed by atoms with Crippen LogP contribution in [-0.2, 0) is 0 Å². The second-order valence-corrected chi connectivity index (χ2v) is 4.33. The molecule has 0 heterocycles. The first-order valence-electron chi connectivity index (χ1n) is 5.19. The molecule has 0 aliphatic carbocycles. The van der Waals surface area contributed by atoms with Gasteiger partial charge in [-0.1, -0.05) is 49.1 Å². The summed E-state index contributed by atoms with van der Waals surface area (Å²) in [6, 6.07) is 9.37. The van der Waals surface area contributed by atoms with Crippen molar-refractivity contribution in [2.24, 2.45) is 0 Å².